The molecule has 23 heavy (non-hydrogen) atoms. The van der Waals surface area contributed by atoms with Gasteiger partial charge in [-0.25, -0.2) is 4.79 Å². The molecule has 0 aromatic carbocycles. The van der Waals surface area contributed by atoms with Crippen molar-refractivity contribution in [3.8, 4) is 0 Å². The number of amides is 2. The van der Waals surface area contributed by atoms with Crippen molar-refractivity contribution in [2.75, 3.05) is 6.54 Å². The summed E-state index contributed by atoms with van der Waals surface area (Å²) in [7, 11) is 0. The summed E-state index contributed by atoms with van der Waals surface area (Å²) in [4.78, 5) is 37.2. The molecule has 0 aliphatic rings. The van der Waals surface area contributed by atoms with Crippen LogP contribution in [0.3, 0.4) is 0 Å². The fraction of sp³-hybridized carbons (Fsp3) is 0.769. The Morgan fingerprint density at radius 2 is 1.83 bits per heavy atom. The van der Waals surface area contributed by atoms with E-state index in [1.165, 1.54) is 13.8 Å². The standard InChI is InChI=1S/C13H23N5O5/c1-8(12(21)17-11(9(2)19)13(22)23)16-10(20)6-4-3-5-7-15-18-14/h8-9,11,14,19H,3-7H2,1-2H3,(H2-,16,17,20,21,22,23)/p+1/t8-,9-,11+/m1/s1. The first-order valence-electron chi connectivity index (χ1n) is 7.33. The predicted octanol–water partition coefficient (Wildman–Crippen LogP) is -0.448. The molecule has 0 rings (SSSR count). The van der Waals surface area contributed by atoms with E-state index in [0.717, 1.165) is 12.8 Å². The maximum absolute atomic E-state index is 11.8. The Morgan fingerprint density at radius 1 is 1.17 bits per heavy atom. The van der Waals surface area contributed by atoms with Gasteiger partial charge >= 0.3 is 5.97 Å². The number of carboxylic acid groups (broad SMARTS) is 1. The van der Waals surface area contributed by atoms with E-state index in [1.54, 1.807) is 0 Å². The second-order valence-corrected chi connectivity index (χ2v) is 5.13. The quantitative estimate of drug-likeness (QED) is 0.196. The van der Waals surface area contributed by atoms with Gasteiger partial charge in [0.05, 0.1) is 6.10 Å². The molecule has 3 atom stereocenters. The van der Waals surface area contributed by atoms with Crippen molar-refractivity contribution in [1.29, 1.82) is 5.53 Å². The first-order valence-corrected chi connectivity index (χ1v) is 7.33. The first kappa shape index (κ1) is 20.7. The van der Waals surface area contributed by atoms with Gasteiger partial charge in [0.2, 0.25) is 16.7 Å². The lowest BCUT2D eigenvalue weighted by atomic mass is 10.1. The predicted molar refractivity (Wildman–Crippen MR) is 79.5 cm³/mol. The normalized spacial score (nSPS) is 14.0. The molecule has 0 saturated heterocycles. The smallest absolute Gasteiger partial charge is 0.328 e. The minimum atomic E-state index is -1.42. The molecule has 0 aromatic rings. The number of nitrogens with zero attached hydrogens (tertiary/aromatic N) is 2. The molecule has 10 heteroatoms. The third-order valence-corrected chi connectivity index (χ3v) is 3.05. The monoisotopic (exact) mass is 330 g/mol. The minimum Gasteiger partial charge on any atom is -0.480 e. The van der Waals surface area contributed by atoms with Crippen molar-refractivity contribution in [2.24, 2.45) is 5.11 Å². The average molecular weight is 330 g/mol. The largest absolute Gasteiger partial charge is 0.480 e. The zero-order chi connectivity index (χ0) is 17.8. The number of aliphatic carboxylic acids is 1. The van der Waals surface area contributed by atoms with Gasteiger partial charge in [0.1, 0.15) is 23.2 Å². The van der Waals surface area contributed by atoms with E-state index in [2.05, 4.69) is 20.7 Å². The van der Waals surface area contributed by atoms with Crippen molar-refractivity contribution >= 4 is 17.8 Å². The van der Waals surface area contributed by atoms with E-state index >= 15 is 0 Å². The maximum atomic E-state index is 11.8. The number of hydrogen-bond donors (Lipinski definition) is 5. The van der Waals surface area contributed by atoms with Gasteiger partial charge in [0.15, 0.2) is 6.04 Å². The Balaban J connectivity index is 4.12. The highest BCUT2D eigenvalue weighted by molar-refractivity contribution is 5.90. The third kappa shape index (κ3) is 9.33. The molecular weight excluding hydrogens is 306 g/mol. The molecule has 0 heterocycles. The number of aliphatic hydroxyl groups excluding tert-OH is 1. The van der Waals surface area contributed by atoms with Crippen molar-refractivity contribution in [3.63, 3.8) is 0 Å². The lowest BCUT2D eigenvalue weighted by molar-refractivity contribution is -0.145. The van der Waals surface area contributed by atoms with Crippen LogP contribution in [-0.4, -0.2) is 52.7 Å². The molecule has 0 aliphatic heterocycles. The Bertz CT molecular complexity index is 462. The topological polar surface area (TPSA) is 166 Å². The van der Waals surface area contributed by atoms with Gasteiger partial charge in [-0.3, -0.25) is 9.59 Å². The molecule has 5 N–H and O–H groups in total. The van der Waals surface area contributed by atoms with E-state index in [1.807, 2.05) is 0 Å². The number of rotatable bonds is 11. The van der Waals surface area contributed by atoms with Crippen molar-refractivity contribution < 1.29 is 24.6 Å². The lowest BCUT2D eigenvalue weighted by Gasteiger charge is -2.20. The maximum Gasteiger partial charge on any atom is 0.328 e. The van der Waals surface area contributed by atoms with Crippen molar-refractivity contribution in [3.05, 3.63) is 0 Å². The van der Waals surface area contributed by atoms with Gasteiger partial charge in [-0.05, 0) is 26.7 Å². The molecule has 2 amide bonds. The highest BCUT2D eigenvalue weighted by atomic mass is 16.4. The van der Waals surface area contributed by atoms with E-state index in [9.17, 15) is 19.5 Å². The van der Waals surface area contributed by atoms with Crippen LogP contribution in [0.15, 0.2) is 5.11 Å². The van der Waals surface area contributed by atoms with Gasteiger partial charge in [0.25, 0.3) is 0 Å². The molecule has 0 spiro atoms. The summed E-state index contributed by atoms with van der Waals surface area (Å²) < 4.78 is 0. The molecule has 0 aliphatic carbocycles. The molecule has 10 nitrogen and oxygen atoms in total. The van der Waals surface area contributed by atoms with E-state index in [0.29, 0.717) is 13.0 Å². The highest BCUT2D eigenvalue weighted by Crippen LogP contribution is 2.01. The Kier molecular flexibility index (Phi) is 10.1. The first-order chi connectivity index (χ1) is 10.8. The van der Waals surface area contributed by atoms with Gasteiger partial charge < -0.3 is 20.8 Å². The number of carbonyl (C=O) groups is 3. The Labute approximate surface area is 133 Å². The zero-order valence-corrected chi connectivity index (χ0v) is 13.3. The van der Waals surface area contributed by atoms with Crippen LogP contribution in [0.5, 0.6) is 0 Å². The van der Waals surface area contributed by atoms with Crippen LogP contribution >= 0.6 is 0 Å². The highest BCUT2D eigenvalue weighted by Gasteiger charge is 2.27. The molecule has 130 valence electrons. The van der Waals surface area contributed by atoms with Crippen molar-refractivity contribution in [1.82, 2.24) is 15.5 Å². The van der Waals surface area contributed by atoms with Crippen LogP contribution < -0.4 is 15.5 Å². The molecule has 0 aromatic heterocycles. The molecule has 0 bridgehead atoms. The summed E-state index contributed by atoms with van der Waals surface area (Å²) in [5, 5.41) is 26.3. The van der Waals surface area contributed by atoms with Crippen molar-refractivity contribution in [2.45, 2.75) is 57.7 Å². The number of carboxylic acids is 1. The Hall–Kier alpha value is -2.32. The van der Waals surface area contributed by atoms with Gasteiger partial charge in [-0.1, -0.05) is 6.42 Å². The van der Waals surface area contributed by atoms with Gasteiger partial charge in [0, 0.05) is 6.42 Å². The SMILES string of the molecule is C[C@@H](NC(=O)CCCCCN=[N+]=N)C(=O)N[C@H](C(=O)O)[C@@H](C)O. The molecule has 0 fully saturated rings. The molecule has 0 radical (unpaired) electrons. The van der Waals surface area contributed by atoms with E-state index < -0.39 is 30.1 Å². The second-order valence-electron chi connectivity index (χ2n) is 5.13. The van der Waals surface area contributed by atoms with E-state index in [4.69, 9.17) is 10.6 Å². The summed E-state index contributed by atoms with van der Waals surface area (Å²) in [5.41, 5.74) is 6.47. The summed E-state index contributed by atoms with van der Waals surface area (Å²) in [6.07, 6.45) is 1.06. The molecule has 0 unspecified atom stereocenters. The summed E-state index contributed by atoms with van der Waals surface area (Å²) in [5.74, 6) is -2.35. The third-order valence-electron chi connectivity index (χ3n) is 3.05. The fourth-order valence-electron chi connectivity index (χ4n) is 1.74. The Morgan fingerprint density at radius 3 is 2.35 bits per heavy atom. The average Bonchev–Trinajstić information content (AvgIpc) is 2.47. The zero-order valence-electron chi connectivity index (χ0n) is 13.3. The molecular formula is C13H24N5O5+. The number of unbranched alkanes of at least 4 members (excludes halogenated alkanes) is 2. The fourth-order valence-corrected chi connectivity index (χ4v) is 1.74. The minimum absolute atomic E-state index is 0.231. The van der Waals surface area contributed by atoms with Crippen LogP contribution in [0.1, 0.15) is 39.5 Å². The number of hydrogen-bond acceptors (Lipinski definition) is 6. The van der Waals surface area contributed by atoms with Crippen LogP contribution in [0, 0.1) is 5.53 Å². The van der Waals surface area contributed by atoms with Gasteiger partial charge in [-0.2, -0.15) is 0 Å². The summed E-state index contributed by atoms with van der Waals surface area (Å²) in [6.45, 7) is 3.13. The van der Waals surface area contributed by atoms with Crippen LogP contribution in [0.4, 0.5) is 0 Å². The van der Waals surface area contributed by atoms with Crippen LogP contribution in [-0.2, 0) is 14.4 Å². The van der Waals surface area contributed by atoms with Crippen LogP contribution in [0.25, 0.3) is 0 Å². The lowest BCUT2D eigenvalue weighted by Crippen LogP contribution is -2.53. The number of carbonyl (C=O) groups excluding carboxylic acids is 2. The molecule has 0 saturated carbocycles. The van der Waals surface area contributed by atoms with Gasteiger partial charge in [-0.15, -0.1) is 0 Å². The summed E-state index contributed by atoms with van der Waals surface area (Å²) in [6, 6.07) is -2.33. The number of aliphatic hydroxyl groups is 1. The van der Waals surface area contributed by atoms with Crippen LogP contribution in [0.2, 0.25) is 0 Å². The number of nitrogens with one attached hydrogen (secondary N) is 3. The second kappa shape index (κ2) is 11.3. The summed E-state index contributed by atoms with van der Waals surface area (Å²) >= 11 is 0. The van der Waals surface area contributed by atoms with E-state index in [-0.39, 0.29) is 12.3 Å².